The zero-order chi connectivity index (χ0) is 55.2. The van der Waals surface area contributed by atoms with Crippen LogP contribution >= 0.6 is 7.82 Å². The van der Waals surface area contributed by atoms with Crippen LogP contribution in [-0.4, -0.2) is 49.3 Å². The Bertz CT molecular complexity index is 1430. The van der Waals surface area contributed by atoms with Crippen molar-refractivity contribution < 1.29 is 37.6 Å². The molecule has 0 aliphatic heterocycles. The molecule has 0 radical (unpaired) electrons. The van der Waals surface area contributed by atoms with Crippen LogP contribution in [0.4, 0.5) is 0 Å². The molecule has 2 atom stereocenters. The van der Waals surface area contributed by atoms with E-state index in [1.165, 1.54) is 199 Å². The van der Waals surface area contributed by atoms with Gasteiger partial charge >= 0.3 is 19.8 Å². The molecule has 0 bridgehead atoms. The highest BCUT2D eigenvalue weighted by Gasteiger charge is 2.26. The van der Waals surface area contributed by atoms with Crippen molar-refractivity contribution in [1.29, 1.82) is 0 Å². The number of nitrogens with two attached hydrogens (primary N) is 1. The highest BCUT2D eigenvalue weighted by atomic mass is 31.2. The van der Waals surface area contributed by atoms with Gasteiger partial charge in [0, 0.05) is 19.4 Å². The predicted octanol–water partition coefficient (Wildman–Crippen LogP) is 20.7. The maximum atomic E-state index is 12.7. The molecule has 0 saturated heterocycles. The lowest BCUT2D eigenvalue weighted by atomic mass is 10.0. The normalized spacial score (nSPS) is 13.4. The van der Waals surface area contributed by atoms with Gasteiger partial charge in [0.1, 0.15) is 6.61 Å². The number of phosphoric ester groups is 1. The first-order chi connectivity index (χ1) is 37.3. The summed E-state index contributed by atoms with van der Waals surface area (Å²) in [4.78, 5) is 35.2. The Balaban J connectivity index is 3.85. The largest absolute Gasteiger partial charge is 0.472 e. The average molecular weight is 1090 g/mol. The number of unbranched alkanes of at least 4 members (excludes halogenated alkanes) is 38. The van der Waals surface area contributed by atoms with E-state index in [9.17, 15) is 19.0 Å². The summed E-state index contributed by atoms with van der Waals surface area (Å²) in [5.41, 5.74) is 5.39. The van der Waals surface area contributed by atoms with E-state index in [1.54, 1.807) is 0 Å². The summed E-state index contributed by atoms with van der Waals surface area (Å²) in [6.07, 6.45) is 78.9. The Morgan fingerprint density at radius 3 is 1.08 bits per heavy atom. The van der Waals surface area contributed by atoms with Crippen LogP contribution in [0.3, 0.4) is 0 Å². The number of ether oxygens (including phenoxy) is 2. The van der Waals surface area contributed by atoms with Crippen molar-refractivity contribution in [2.45, 2.75) is 322 Å². The van der Waals surface area contributed by atoms with Gasteiger partial charge in [0.05, 0.1) is 13.2 Å². The standard InChI is InChI=1S/C66H122NO8P/c1-3-5-7-9-11-13-15-17-19-21-23-25-26-27-28-29-30-31-32-33-34-35-36-37-39-40-42-44-46-48-50-52-54-56-58-65(68)72-62-64(63-74-76(70,71)73-61-60-67)75-66(69)59-57-55-53-51-49-47-45-43-41-38-24-22-20-18-16-14-12-10-8-6-4-2/h6,8,12,14,18,20,24,38,43,45,64H,3-5,7,9-11,13,15-17,19,21-23,25-37,39-42,44,46-63,67H2,1-2H3,(H,70,71)/b8-6-,14-12-,20-18-,38-24-,45-43-. The second-order valence-corrected chi connectivity index (χ2v) is 23.1. The molecule has 0 aromatic heterocycles. The van der Waals surface area contributed by atoms with Crippen molar-refractivity contribution in [2.75, 3.05) is 26.4 Å². The summed E-state index contributed by atoms with van der Waals surface area (Å²) >= 11 is 0. The molecular weight excluding hydrogens is 966 g/mol. The first-order valence-corrected chi connectivity index (χ1v) is 33.8. The van der Waals surface area contributed by atoms with Crippen molar-refractivity contribution in [3.8, 4) is 0 Å². The summed E-state index contributed by atoms with van der Waals surface area (Å²) in [7, 11) is -4.40. The summed E-state index contributed by atoms with van der Waals surface area (Å²) in [6.45, 7) is 3.65. The van der Waals surface area contributed by atoms with Gasteiger partial charge in [0.15, 0.2) is 6.10 Å². The first kappa shape index (κ1) is 73.7. The van der Waals surface area contributed by atoms with Gasteiger partial charge in [-0.3, -0.25) is 18.6 Å². The van der Waals surface area contributed by atoms with Crippen molar-refractivity contribution in [2.24, 2.45) is 5.73 Å². The molecular formula is C66H122NO8P. The molecule has 9 nitrogen and oxygen atoms in total. The number of carbonyl (C=O) groups excluding carboxylic acids is 2. The van der Waals surface area contributed by atoms with Crippen LogP contribution in [0, 0.1) is 0 Å². The molecule has 0 heterocycles. The minimum atomic E-state index is -4.40. The van der Waals surface area contributed by atoms with Gasteiger partial charge in [-0.1, -0.05) is 306 Å². The van der Waals surface area contributed by atoms with Crippen molar-refractivity contribution in [3.05, 3.63) is 60.8 Å². The molecule has 0 aromatic rings. The van der Waals surface area contributed by atoms with Crippen molar-refractivity contribution in [1.82, 2.24) is 0 Å². The highest BCUT2D eigenvalue weighted by Crippen LogP contribution is 2.43. The quantitative estimate of drug-likeness (QED) is 0.0264. The third-order valence-corrected chi connectivity index (χ3v) is 15.2. The van der Waals surface area contributed by atoms with Crippen LogP contribution in [0.1, 0.15) is 316 Å². The van der Waals surface area contributed by atoms with Crippen LogP contribution in [-0.2, 0) is 32.7 Å². The molecule has 444 valence electrons. The van der Waals surface area contributed by atoms with E-state index in [0.717, 1.165) is 83.5 Å². The lowest BCUT2D eigenvalue weighted by Crippen LogP contribution is -2.29. The number of hydrogen-bond donors (Lipinski definition) is 2. The van der Waals surface area contributed by atoms with E-state index in [4.69, 9.17) is 24.3 Å². The lowest BCUT2D eigenvalue weighted by molar-refractivity contribution is -0.161. The molecule has 0 amide bonds. The maximum absolute atomic E-state index is 12.7. The van der Waals surface area contributed by atoms with E-state index in [2.05, 4.69) is 74.6 Å². The molecule has 0 rings (SSSR count). The van der Waals surface area contributed by atoms with E-state index < -0.39 is 26.5 Å². The molecule has 10 heteroatoms. The average Bonchev–Trinajstić information content (AvgIpc) is 3.41. The van der Waals surface area contributed by atoms with Gasteiger partial charge in [-0.25, -0.2) is 4.57 Å². The molecule has 0 aliphatic rings. The number of allylic oxidation sites excluding steroid dienone is 10. The molecule has 76 heavy (non-hydrogen) atoms. The topological polar surface area (TPSA) is 134 Å². The Morgan fingerprint density at radius 1 is 0.408 bits per heavy atom. The van der Waals surface area contributed by atoms with Crippen LogP contribution in [0.2, 0.25) is 0 Å². The zero-order valence-electron chi connectivity index (χ0n) is 49.7. The fourth-order valence-electron chi connectivity index (χ4n) is 9.43. The Hall–Kier alpha value is -2.29. The SMILES string of the molecule is CC/C=C\C/C=C\C/C=C\C/C=C\C/C=C\CCCCCCCC(=O)OC(COC(=O)CCCCCCCCCCCCCCCCCCCCCCCCCCCCCCCCCCCC)COP(=O)(O)OCCN. The fourth-order valence-corrected chi connectivity index (χ4v) is 10.2. The summed E-state index contributed by atoms with van der Waals surface area (Å²) < 4.78 is 33.1. The monoisotopic (exact) mass is 1090 g/mol. The van der Waals surface area contributed by atoms with Crippen LogP contribution in [0.5, 0.6) is 0 Å². The number of esters is 2. The highest BCUT2D eigenvalue weighted by molar-refractivity contribution is 7.47. The van der Waals surface area contributed by atoms with Gasteiger partial charge in [0.2, 0.25) is 0 Å². The van der Waals surface area contributed by atoms with Gasteiger partial charge in [0.25, 0.3) is 0 Å². The Morgan fingerprint density at radius 2 is 0.724 bits per heavy atom. The number of carbonyl (C=O) groups is 2. The van der Waals surface area contributed by atoms with Gasteiger partial charge in [-0.15, -0.1) is 0 Å². The van der Waals surface area contributed by atoms with E-state index in [1.807, 2.05) is 0 Å². The lowest BCUT2D eigenvalue weighted by Gasteiger charge is -2.19. The number of hydrogen-bond acceptors (Lipinski definition) is 8. The van der Waals surface area contributed by atoms with Gasteiger partial charge < -0.3 is 20.1 Å². The molecule has 0 aromatic carbocycles. The fraction of sp³-hybridized carbons (Fsp3) is 0.818. The zero-order valence-corrected chi connectivity index (χ0v) is 50.6. The molecule has 0 fully saturated rings. The van der Waals surface area contributed by atoms with Gasteiger partial charge in [-0.05, 0) is 57.8 Å². The molecule has 2 unspecified atom stereocenters. The molecule has 3 N–H and O–H groups in total. The van der Waals surface area contributed by atoms with Gasteiger partial charge in [-0.2, -0.15) is 0 Å². The Labute approximate surface area is 469 Å². The van der Waals surface area contributed by atoms with Crippen molar-refractivity contribution >= 4 is 19.8 Å². The third-order valence-electron chi connectivity index (χ3n) is 14.2. The summed E-state index contributed by atoms with van der Waals surface area (Å²) in [6, 6.07) is 0. The van der Waals surface area contributed by atoms with Crippen LogP contribution < -0.4 is 5.73 Å². The predicted molar refractivity (Wildman–Crippen MR) is 326 cm³/mol. The maximum Gasteiger partial charge on any atom is 0.472 e. The second kappa shape index (κ2) is 61.9. The second-order valence-electron chi connectivity index (χ2n) is 21.6. The van der Waals surface area contributed by atoms with E-state index in [0.29, 0.717) is 6.42 Å². The van der Waals surface area contributed by atoms with E-state index >= 15 is 0 Å². The first-order valence-electron chi connectivity index (χ1n) is 32.3. The van der Waals surface area contributed by atoms with E-state index in [-0.39, 0.29) is 38.6 Å². The number of phosphoric acid groups is 1. The Kier molecular flexibility index (Phi) is 60.0. The molecule has 0 aliphatic carbocycles. The summed E-state index contributed by atoms with van der Waals surface area (Å²) in [5, 5.41) is 0. The smallest absolute Gasteiger partial charge is 0.462 e. The van der Waals surface area contributed by atoms with Crippen LogP contribution in [0.25, 0.3) is 0 Å². The molecule has 0 spiro atoms. The minimum absolute atomic E-state index is 0.0487. The number of rotatable bonds is 61. The third kappa shape index (κ3) is 60.9. The minimum Gasteiger partial charge on any atom is -0.462 e. The van der Waals surface area contributed by atoms with Crippen LogP contribution in [0.15, 0.2) is 60.8 Å². The van der Waals surface area contributed by atoms with Crippen molar-refractivity contribution in [3.63, 3.8) is 0 Å². The molecule has 0 saturated carbocycles. The summed E-state index contributed by atoms with van der Waals surface area (Å²) in [5.74, 6) is -0.839.